The van der Waals surface area contributed by atoms with Gasteiger partial charge >= 0.3 is 0 Å². The molecule has 1 heterocycles. The molecule has 0 aromatic heterocycles. The molecule has 0 saturated carbocycles. The van der Waals surface area contributed by atoms with Crippen LogP contribution in [0, 0.1) is 0 Å². The van der Waals surface area contributed by atoms with Crippen LogP contribution in [0.2, 0.25) is 5.02 Å². The van der Waals surface area contributed by atoms with Gasteiger partial charge in [0, 0.05) is 31.5 Å². The van der Waals surface area contributed by atoms with E-state index >= 15 is 0 Å². The summed E-state index contributed by atoms with van der Waals surface area (Å²) in [6.45, 7) is 4.90. The zero-order valence-electron chi connectivity index (χ0n) is 13.5. The highest BCUT2D eigenvalue weighted by Crippen LogP contribution is 2.36. The Morgan fingerprint density at radius 2 is 1.83 bits per heavy atom. The first-order valence-corrected chi connectivity index (χ1v) is 8.49. The van der Waals surface area contributed by atoms with Crippen LogP contribution in [-0.4, -0.2) is 30.0 Å². The van der Waals surface area contributed by atoms with Crippen LogP contribution in [0.4, 0.5) is 0 Å². The normalized spacial score (nSPS) is 15.1. The third-order valence-corrected chi connectivity index (χ3v) is 4.66. The third-order valence-electron chi connectivity index (χ3n) is 4.27. The highest BCUT2D eigenvalue weighted by Gasteiger charge is 2.23. The van der Waals surface area contributed by atoms with Crippen molar-refractivity contribution in [1.29, 1.82) is 0 Å². The van der Waals surface area contributed by atoms with Gasteiger partial charge in [-0.25, -0.2) is 0 Å². The molecule has 1 aliphatic rings. The van der Waals surface area contributed by atoms with Crippen molar-refractivity contribution in [3.63, 3.8) is 0 Å². The molecule has 3 nitrogen and oxygen atoms in total. The standard InChI is InChI=1S/C20H20ClNO2/c1-2-19(23)22-13-11-16(12-14-22)24-18-10-6-9-17(20(18)21)15-7-4-3-5-8-15/h2-10,16H,1,11-14H2. The van der Waals surface area contributed by atoms with Crippen LogP contribution in [0.15, 0.2) is 61.2 Å². The lowest BCUT2D eigenvalue weighted by molar-refractivity contribution is -0.127. The quantitative estimate of drug-likeness (QED) is 0.763. The summed E-state index contributed by atoms with van der Waals surface area (Å²) in [6, 6.07) is 15.9. The van der Waals surface area contributed by atoms with E-state index in [1.54, 1.807) is 4.90 Å². The number of ether oxygens (including phenoxy) is 1. The first-order chi connectivity index (χ1) is 11.7. The molecule has 0 bridgehead atoms. The van der Waals surface area contributed by atoms with Gasteiger partial charge < -0.3 is 9.64 Å². The average Bonchev–Trinajstić information content (AvgIpc) is 2.64. The SMILES string of the molecule is C=CC(=O)N1CCC(Oc2cccc(-c3ccccc3)c2Cl)CC1. The molecule has 4 heteroatoms. The molecule has 124 valence electrons. The maximum Gasteiger partial charge on any atom is 0.245 e. The van der Waals surface area contributed by atoms with E-state index < -0.39 is 0 Å². The fraction of sp³-hybridized carbons (Fsp3) is 0.250. The van der Waals surface area contributed by atoms with Crippen molar-refractivity contribution in [1.82, 2.24) is 4.90 Å². The molecule has 1 fully saturated rings. The molecule has 0 aliphatic carbocycles. The molecule has 24 heavy (non-hydrogen) atoms. The lowest BCUT2D eigenvalue weighted by atomic mass is 10.0. The molecular formula is C20H20ClNO2. The highest BCUT2D eigenvalue weighted by atomic mass is 35.5. The molecule has 3 rings (SSSR count). The molecule has 0 atom stereocenters. The number of hydrogen-bond donors (Lipinski definition) is 0. The van der Waals surface area contributed by atoms with Crippen LogP contribution in [0.3, 0.4) is 0 Å². The summed E-state index contributed by atoms with van der Waals surface area (Å²) in [4.78, 5) is 13.4. The summed E-state index contributed by atoms with van der Waals surface area (Å²) in [6.07, 6.45) is 3.03. The fourth-order valence-electron chi connectivity index (χ4n) is 2.95. The third kappa shape index (κ3) is 3.62. The number of halogens is 1. The number of rotatable bonds is 4. The van der Waals surface area contributed by atoms with Gasteiger partial charge in [0.05, 0.1) is 5.02 Å². The number of likely N-dealkylation sites (tertiary alicyclic amines) is 1. The molecule has 1 saturated heterocycles. The highest BCUT2D eigenvalue weighted by molar-refractivity contribution is 6.34. The van der Waals surface area contributed by atoms with Crippen LogP contribution in [-0.2, 0) is 4.79 Å². The summed E-state index contributed by atoms with van der Waals surface area (Å²) >= 11 is 6.56. The number of hydrogen-bond acceptors (Lipinski definition) is 2. The van der Waals surface area contributed by atoms with Crippen molar-refractivity contribution in [2.75, 3.05) is 13.1 Å². The van der Waals surface area contributed by atoms with Gasteiger partial charge in [0.2, 0.25) is 5.91 Å². The van der Waals surface area contributed by atoms with Crippen LogP contribution < -0.4 is 4.74 Å². The summed E-state index contributed by atoms with van der Waals surface area (Å²) < 4.78 is 6.11. The van der Waals surface area contributed by atoms with E-state index in [0.29, 0.717) is 23.9 Å². The van der Waals surface area contributed by atoms with Crippen molar-refractivity contribution in [3.8, 4) is 16.9 Å². The maximum absolute atomic E-state index is 11.6. The van der Waals surface area contributed by atoms with E-state index in [2.05, 4.69) is 6.58 Å². The molecule has 2 aromatic carbocycles. The summed E-state index contributed by atoms with van der Waals surface area (Å²) in [5.74, 6) is 0.684. The predicted molar refractivity (Wildman–Crippen MR) is 97.3 cm³/mol. The van der Waals surface area contributed by atoms with Crippen LogP contribution in [0.1, 0.15) is 12.8 Å². The number of piperidine rings is 1. The molecule has 0 N–H and O–H groups in total. The molecule has 0 radical (unpaired) electrons. The van der Waals surface area contributed by atoms with E-state index in [-0.39, 0.29) is 12.0 Å². The van der Waals surface area contributed by atoms with E-state index in [1.807, 2.05) is 48.5 Å². The minimum atomic E-state index is -0.0162. The molecular weight excluding hydrogens is 322 g/mol. The van der Waals surface area contributed by atoms with Crippen LogP contribution in [0.25, 0.3) is 11.1 Å². The second kappa shape index (κ2) is 7.54. The summed E-state index contributed by atoms with van der Waals surface area (Å²) in [7, 11) is 0. The zero-order valence-corrected chi connectivity index (χ0v) is 14.2. The van der Waals surface area contributed by atoms with Gasteiger partial charge in [-0.2, -0.15) is 0 Å². The van der Waals surface area contributed by atoms with Crippen molar-refractivity contribution in [2.45, 2.75) is 18.9 Å². The first-order valence-electron chi connectivity index (χ1n) is 8.11. The van der Waals surface area contributed by atoms with Gasteiger partial charge in [-0.3, -0.25) is 4.79 Å². The second-order valence-corrected chi connectivity index (χ2v) is 6.21. The Hall–Kier alpha value is -2.26. The lowest BCUT2D eigenvalue weighted by Crippen LogP contribution is -2.41. The number of benzene rings is 2. The Kier molecular flexibility index (Phi) is 5.21. The summed E-state index contributed by atoms with van der Waals surface area (Å²) in [5.41, 5.74) is 2.04. The molecule has 1 aliphatic heterocycles. The van der Waals surface area contributed by atoms with Gasteiger partial charge in [0.25, 0.3) is 0 Å². The number of carbonyl (C=O) groups is 1. The van der Waals surface area contributed by atoms with E-state index in [4.69, 9.17) is 16.3 Å². The van der Waals surface area contributed by atoms with Gasteiger partial charge in [-0.05, 0) is 17.7 Å². The Morgan fingerprint density at radius 3 is 2.50 bits per heavy atom. The maximum atomic E-state index is 11.6. The van der Waals surface area contributed by atoms with Crippen molar-refractivity contribution >= 4 is 17.5 Å². The summed E-state index contributed by atoms with van der Waals surface area (Å²) in [5, 5.41) is 0.633. The smallest absolute Gasteiger partial charge is 0.245 e. The Morgan fingerprint density at radius 1 is 1.12 bits per heavy atom. The molecule has 2 aromatic rings. The second-order valence-electron chi connectivity index (χ2n) is 5.83. The van der Waals surface area contributed by atoms with Gasteiger partial charge in [0.1, 0.15) is 11.9 Å². The minimum Gasteiger partial charge on any atom is -0.489 e. The number of amides is 1. The van der Waals surface area contributed by atoms with Gasteiger partial charge in [-0.15, -0.1) is 0 Å². The molecule has 0 unspecified atom stereocenters. The Balaban J connectivity index is 1.71. The van der Waals surface area contributed by atoms with Crippen molar-refractivity contribution in [2.24, 2.45) is 0 Å². The Labute approximate surface area is 147 Å². The molecule has 0 spiro atoms. The van der Waals surface area contributed by atoms with Crippen molar-refractivity contribution < 1.29 is 9.53 Å². The van der Waals surface area contributed by atoms with E-state index in [9.17, 15) is 4.79 Å². The van der Waals surface area contributed by atoms with Crippen LogP contribution in [0.5, 0.6) is 5.75 Å². The fourth-order valence-corrected chi connectivity index (χ4v) is 3.22. The monoisotopic (exact) mass is 341 g/mol. The van der Waals surface area contributed by atoms with Crippen molar-refractivity contribution in [3.05, 3.63) is 66.2 Å². The predicted octanol–water partition coefficient (Wildman–Crippen LogP) is 4.56. The minimum absolute atomic E-state index is 0.0162. The van der Waals surface area contributed by atoms with Gasteiger partial charge in [-0.1, -0.05) is 60.6 Å². The van der Waals surface area contributed by atoms with Crippen LogP contribution >= 0.6 is 11.6 Å². The average molecular weight is 342 g/mol. The molecule has 1 amide bonds. The van der Waals surface area contributed by atoms with E-state index in [0.717, 1.165) is 24.0 Å². The topological polar surface area (TPSA) is 29.5 Å². The van der Waals surface area contributed by atoms with E-state index in [1.165, 1.54) is 6.08 Å². The zero-order chi connectivity index (χ0) is 16.9. The lowest BCUT2D eigenvalue weighted by Gasteiger charge is -2.31. The first kappa shape index (κ1) is 16.6. The number of nitrogens with zero attached hydrogens (tertiary/aromatic N) is 1. The largest absolute Gasteiger partial charge is 0.489 e. The van der Waals surface area contributed by atoms with Gasteiger partial charge in [0.15, 0.2) is 0 Å². The number of carbonyl (C=O) groups excluding carboxylic acids is 1. The Bertz CT molecular complexity index is 722.